The van der Waals surface area contributed by atoms with Crippen LogP contribution in [0.25, 0.3) is 6.08 Å². The van der Waals surface area contributed by atoms with Crippen molar-refractivity contribution in [1.82, 2.24) is 4.57 Å². The summed E-state index contributed by atoms with van der Waals surface area (Å²) in [6.45, 7) is 1.71. The molecule has 36 heavy (non-hydrogen) atoms. The number of fused-ring (bicyclic) bond motifs is 1. The Hall–Kier alpha value is -2.83. The van der Waals surface area contributed by atoms with E-state index in [1.165, 1.54) is 30.1 Å². The molecule has 11 heteroatoms. The van der Waals surface area contributed by atoms with E-state index in [0.717, 1.165) is 9.13 Å². The number of thiazole rings is 1. The van der Waals surface area contributed by atoms with Gasteiger partial charge in [-0.25, -0.2) is 9.79 Å². The van der Waals surface area contributed by atoms with Gasteiger partial charge in [0.05, 0.1) is 47.8 Å². The summed E-state index contributed by atoms with van der Waals surface area (Å²) in [7, 11) is 5.94. The van der Waals surface area contributed by atoms with E-state index in [-0.39, 0.29) is 11.1 Å². The van der Waals surface area contributed by atoms with Crippen LogP contribution in [0.5, 0.6) is 17.2 Å². The number of carbonyl (C=O) groups excluding carboxylic acids is 1. The zero-order valence-electron chi connectivity index (χ0n) is 20.0. The van der Waals surface area contributed by atoms with E-state index in [1.54, 1.807) is 51.5 Å². The van der Waals surface area contributed by atoms with Gasteiger partial charge in [-0.3, -0.25) is 9.36 Å². The molecule has 0 amide bonds. The second-order valence-corrected chi connectivity index (χ2v) is 10.3. The third-order valence-corrected chi connectivity index (χ3v) is 7.69. The van der Waals surface area contributed by atoms with Crippen LogP contribution >= 0.6 is 45.5 Å². The Balaban J connectivity index is 2.01. The summed E-state index contributed by atoms with van der Waals surface area (Å²) in [5, 5.41) is 0.437. The fraction of sp³-hybridized carbons (Fsp3) is 0.240. The first-order valence-corrected chi connectivity index (χ1v) is 12.9. The summed E-state index contributed by atoms with van der Waals surface area (Å²) in [6, 6.07) is 7.91. The third kappa shape index (κ3) is 4.64. The molecule has 3 aromatic rings. The zero-order chi connectivity index (χ0) is 26.1. The number of halogens is 2. The van der Waals surface area contributed by atoms with Gasteiger partial charge < -0.3 is 18.9 Å². The van der Waals surface area contributed by atoms with E-state index < -0.39 is 12.0 Å². The van der Waals surface area contributed by atoms with Crippen molar-refractivity contribution in [3.63, 3.8) is 0 Å². The minimum absolute atomic E-state index is 0.234. The van der Waals surface area contributed by atoms with E-state index >= 15 is 0 Å². The molecule has 1 aromatic heterocycles. The number of esters is 1. The first kappa shape index (κ1) is 26.2. The molecule has 2 heterocycles. The number of carbonyl (C=O) groups is 1. The monoisotopic (exact) mass is 640 g/mol. The number of ether oxygens (including phenoxy) is 4. The van der Waals surface area contributed by atoms with E-state index in [1.807, 2.05) is 6.07 Å². The molecule has 0 saturated carbocycles. The summed E-state index contributed by atoms with van der Waals surface area (Å²) < 4.78 is 24.2. The number of nitrogens with zero attached hydrogens (tertiary/aromatic N) is 2. The van der Waals surface area contributed by atoms with Crippen molar-refractivity contribution in [3.8, 4) is 17.2 Å². The molecule has 0 spiro atoms. The standard InChI is InChI=1S/C25H22ClIN2O6S/c1-12-20(24(31)35-5)21(15-11-14(26)6-7-17(15)32-2)29-23(30)19(36-25(29)28-12)10-13-8-16(27)22(34-4)18(9-13)33-3/h6-11,21H,1-5H3/b19-10-/t21-/m0/s1. The highest BCUT2D eigenvalue weighted by Crippen LogP contribution is 2.37. The number of benzene rings is 2. The average Bonchev–Trinajstić information content (AvgIpc) is 3.16. The second kappa shape index (κ2) is 10.7. The molecule has 0 saturated heterocycles. The Kier molecular flexibility index (Phi) is 7.76. The number of aromatic nitrogens is 1. The van der Waals surface area contributed by atoms with E-state index in [9.17, 15) is 9.59 Å². The molecule has 1 aliphatic heterocycles. The summed E-state index contributed by atoms with van der Waals surface area (Å²) >= 11 is 9.69. The van der Waals surface area contributed by atoms with Crippen LogP contribution in [0.3, 0.4) is 0 Å². The lowest BCUT2D eigenvalue weighted by Gasteiger charge is -2.25. The summed E-state index contributed by atoms with van der Waals surface area (Å²) in [6.07, 6.45) is 1.76. The van der Waals surface area contributed by atoms with Crippen LogP contribution in [0.15, 0.2) is 51.4 Å². The Morgan fingerprint density at radius 3 is 2.47 bits per heavy atom. The van der Waals surface area contributed by atoms with E-state index in [0.29, 0.717) is 42.9 Å². The highest BCUT2D eigenvalue weighted by atomic mass is 127. The average molecular weight is 641 g/mol. The minimum atomic E-state index is -0.838. The van der Waals surface area contributed by atoms with Crippen LogP contribution in [0.2, 0.25) is 5.02 Å². The van der Waals surface area contributed by atoms with Gasteiger partial charge in [-0.2, -0.15) is 0 Å². The molecule has 0 radical (unpaired) electrons. The van der Waals surface area contributed by atoms with Gasteiger partial charge in [-0.15, -0.1) is 0 Å². The maximum Gasteiger partial charge on any atom is 0.338 e. The molecule has 1 atom stereocenters. The van der Waals surface area contributed by atoms with Crippen LogP contribution in [-0.4, -0.2) is 39.0 Å². The Labute approximate surface area is 229 Å². The molecule has 0 fully saturated rings. The SMILES string of the molecule is COC(=O)C1=C(C)N=c2s/c(=C\c3cc(I)c(OC)c(OC)c3)c(=O)n2[C@H]1c1cc(Cl)ccc1OC. The molecule has 0 N–H and O–H groups in total. The first-order valence-electron chi connectivity index (χ1n) is 10.6. The lowest BCUT2D eigenvalue weighted by Crippen LogP contribution is -2.40. The Morgan fingerprint density at radius 1 is 1.11 bits per heavy atom. The molecule has 0 unspecified atom stereocenters. The zero-order valence-corrected chi connectivity index (χ0v) is 23.8. The van der Waals surface area contributed by atoms with Gasteiger partial charge in [-0.05, 0) is 71.5 Å². The number of allylic oxidation sites excluding steroid dienone is 1. The van der Waals surface area contributed by atoms with E-state index in [4.69, 9.17) is 30.5 Å². The minimum Gasteiger partial charge on any atom is -0.496 e. The van der Waals surface area contributed by atoms with Crippen molar-refractivity contribution in [3.05, 3.63) is 81.0 Å². The van der Waals surface area contributed by atoms with Crippen LogP contribution in [0, 0.1) is 3.57 Å². The third-order valence-electron chi connectivity index (χ3n) is 5.67. The maximum atomic E-state index is 13.8. The number of hydrogen-bond acceptors (Lipinski definition) is 8. The van der Waals surface area contributed by atoms with Gasteiger partial charge >= 0.3 is 5.97 Å². The molecule has 8 nitrogen and oxygen atoms in total. The second-order valence-electron chi connectivity index (χ2n) is 7.70. The molecule has 1 aliphatic rings. The number of hydrogen-bond donors (Lipinski definition) is 0. The number of methoxy groups -OCH3 is 4. The predicted octanol–water partition coefficient (Wildman–Crippen LogP) is 3.69. The molecular formula is C25H22ClIN2O6S. The van der Waals surface area contributed by atoms with Gasteiger partial charge in [0.1, 0.15) is 11.8 Å². The fourth-order valence-electron chi connectivity index (χ4n) is 4.08. The van der Waals surface area contributed by atoms with Gasteiger partial charge in [0.25, 0.3) is 5.56 Å². The molecular weight excluding hydrogens is 619 g/mol. The Bertz CT molecular complexity index is 1580. The fourth-order valence-corrected chi connectivity index (χ4v) is 6.15. The molecule has 188 valence electrons. The summed E-state index contributed by atoms with van der Waals surface area (Å²) in [4.78, 5) is 31.7. The molecule has 0 aliphatic carbocycles. The van der Waals surface area contributed by atoms with Crippen LogP contribution < -0.4 is 29.1 Å². The van der Waals surface area contributed by atoms with Crippen molar-refractivity contribution in [2.75, 3.05) is 28.4 Å². The van der Waals surface area contributed by atoms with Crippen molar-refractivity contribution in [2.24, 2.45) is 4.99 Å². The summed E-state index contributed by atoms with van der Waals surface area (Å²) in [5.74, 6) is 1.05. The lowest BCUT2D eigenvalue weighted by molar-refractivity contribution is -0.136. The van der Waals surface area contributed by atoms with Gasteiger partial charge in [0.15, 0.2) is 16.3 Å². The summed E-state index contributed by atoms with van der Waals surface area (Å²) in [5.41, 5.74) is 1.67. The number of rotatable bonds is 6. The molecule has 0 bridgehead atoms. The van der Waals surface area contributed by atoms with Crippen LogP contribution in [-0.2, 0) is 9.53 Å². The van der Waals surface area contributed by atoms with Gasteiger partial charge in [-0.1, -0.05) is 22.9 Å². The van der Waals surface area contributed by atoms with Gasteiger partial charge in [0.2, 0.25) is 0 Å². The predicted molar refractivity (Wildman–Crippen MR) is 146 cm³/mol. The molecule has 2 aromatic carbocycles. The maximum absolute atomic E-state index is 13.8. The topological polar surface area (TPSA) is 88.4 Å². The van der Waals surface area contributed by atoms with Crippen molar-refractivity contribution in [1.29, 1.82) is 0 Å². The quantitative estimate of drug-likeness (QED) is 0.302. The lowest BCUT2D eigenvalue weighted by atomic mass is 9.95. The van der Waals surface area contributed by atoms with E-state index in [2.05, 4.69) is 27.6 Å². The Morgan fingerprint density at radius 2 is 1.83 bits per heavy atom. The van der Waals surface area contributed by atoms with Crippen molar-refractivity contribution >= 4 is 57.6 Å². The first-order chi connectivity index (χ1) is 17.2. The van der Waals surface area contributed by atoms with Crippen LogP contribution in [0.4, 0.5) is 0 Å². The normalized spacial score (nSPS) is 15.3. The largest absolute Gasteiger partial charge is 0.496 e. The van der Waals surface area contributed by atoms with Gasteiger partial charge in [0, 0.05) is 10.6 Å². The molecule has 4 rings (SSSR count). The highest BCUT2D eigenvalue weighted by molar-refractivity contribution is 14.1. The highest BCUT2D eigenvalue weighted by Gasteiger charge is 2.35. The van der Waals surface area contributed by atoms with Crippen molar-refractivity contribution in [2.45, 2.75) is 13.0 Å². The smallest absolute Gasteiger partial charge is 0.338 e. The van der Waals surface area contributed by atoms with Crippen molar-refractivity contribution < 1.29 is 23.7 Å². The van der Waals surface area contributed by atoms with Crippen LogP contribution in [0.1, 0.15) is 24.1 Å².